The van der Waals surface area contributed by atoms with E-state index < -0.39 is 0 Å². The fourth-order valence-electron chi connectivity index (χ4n) is 1.88. The number of para-hydroxylation sites is 1. The number of nitrogens with one attached hydrogen (secondary N) is 2. The highest BCUT2D eigenvalue weighted by Crippen LogP contribution is 2.27. The quantitative estimate of drug-likeness (QED) is 0.759. The van der Waals surface area contributed by atoms with Gasteiger partial charge in [-0.1, -0.05) is 45.4 Å². The molecule has 0 fully saturated rings. The van der Waals surface area contributed by atoms with Crippen LogP contribution in [0.2, 0.25) is 0 Å². The second-order valence-corrected chi connectivity index (χ2v) is 4.93. The maximum atomic E-state index is 11.8. The summed E-state index contributed by atoms with van der Waals surface area (Å²) in [4.78, 5) is 11.8. The van der Waals surface area contributed by atoms with E-state index in [1.807, 2.05) is 19.1 Å². The zero-order valence-electron chi connectivity index (χ0n) is 11.8. The Kier molecular flexibility index (Phi) is 5.69. The number of rotatable bonds is 5. The van der Waals surface area contributed by atoms with E-state index in [0.717, 1.165) is 30.6 Å². The molecule has 1 aromatic rings. The molecule has 0 aliphatic carbocycles. The SMILES string of the molecule is CCCCNC(=O)Nc1c(C)cccc1C(C)C. The number of carbonyl (C=O) groups excluding carboxylic acids is 1. The van der Waals surface area contributed by atoms with E-state index in [1.165, 1.54) is 5.56 Å². The van der Waals surface area contributed by atoms with Gasteiger partial charge < -0.3 is 10.6 Å². The predicted molar refractivity (Wildman–Crippen MR) is 77.2 cm³/mol. The maximum Gasteiger partial charge on any atom is 0.319 e. The molecule has 18 heavy (non-hydrogen) atoms. The van der Waals surface area contributed by atoms with E-state index in [4.69, 9.17) is 0 Å². The molecule has 0 aliphatic rings. The van der Waals surface area contributed by atoms with Crippen molar-refractivity contribution in [2.45, 2.75) is 46.5 Å². The molecule has 3 heteroatoms. The van der Waals surface area contributed by atoms with E-state index in [1.54, 1.807) is 0 Å². The van der Waals surface area contributed by atoms with Crippen molar-refractivity contribution in [1.29, 1.82) is 0 Å². The molecule has 3 nitrogen and oxygen atoms in total. The van der Waals surface area contributed by atoms with Crippen molar-refractivity contribution >= 4 is 11.7 Å². The van der Waals surface area contributed by atoms with E-state index in [9.17, 15) is 4.79 Å². The van der Waals surface area contributed by atoms with Crippen molar-refractivity contribution in [2.24, 2.45) is 0 Å². The lowest BCUT2D eigenvalue weighted by molar-refractivity contribution is 0.252. The van der Waals surface area contributed by atoms with Crippen LogP contribution in [-0.4, -0.2) is 12.6 Å². The maximum absolute atomic E-state index is 11.8. The van der Waals surface area contributed by atoms with Gasteiger partial charge in [0.1, 0.15) is 0 Å². The Morgan fingerprint density at radius 1 is 1.33 bits per heavy atom. The van der Waals surface area contributed by atoms with Crippen molar-refractivity contribution in [3.63, 3.8) is 0 Å². The molecular weight excluding hydrogens is 224 g/mol. The van der Waals surface area contributed by atoms with Gasteiger partial charge in [-0.15, -0.1) is 0 Å². The van der Waals surface area contributed by atoms with Crippen LogP contribution in [0.4, 0.5) is 10.5 Å². The molecule has 0 radical (unpaired) electrons. The summed E-state index contributed by atoms with van der Waals surface area (Å²) < 4.78 is 0. The lowest BCUT2D eigenvalue weighted by Crippen LogP contribution is -2.30. The Morgan fingerprint density at radius 2 is 2.06 bits per heavy atom. The van der Waals surface area contributed by atoms with Crippen molar-refractivity contribution in [3.05, 3.63) is 29.3 Å². The highest BCUT2D eigenvalue weighted by Gasteiger charge is 2.11. The first-order valence-electron chi connectivity index (χ1n) is 6.70. The molecule has 0 saturated carbocycles. The number of urea groups is 1. The Morgan fingerprint density at radius 3 is 2.67 bits per heavy atom. The summed E-state index contributed by atoms with van der Waals surface area (Å²) >= 11 is 0. The monoisotopic (exact) mass is 248 g/mol. The van der Waals surface area contributed by atoms with Gasteiger partial charge in [0.2, 0.25) is 0 Å². The average Bonchev–Trinajstić information content (AvgIpc) is 2.31. The van der Waals surface area contributed by atoms with Crippen LogP contribution in [0.25, 0.3) is 0 Å². The van der Waals surface area contributed by atoms with Crippen LogP contribution >= 0.6 is 0 Å². The van der Waals surface area contributed by atoms with Crippen LogP contribution in [-0.2, 0) is 0 Å². The van der Waals surface area contributed by atoms with Crippen molar-refractivity contribution in [2.75, 3.05) is 11.9 Å². The number of anilines is 1. The molecule has 0 heterocycles. The standard InChI is InChI=1S/C15H24N2O/c1-5-6-10-16-15(18)17-14-12(4)8-7-9-13(14)11(2)3/h7-9,11H,5-6,10H2,1-4H3,(H2,16,17,18). The molecule has 0 aromatic heterocycles. The smallest absolute Gasteiger partial charge is 0.319 e. The molecule has 0 spiro atoms. The third-order valence-electron chi connectivity index (χ3n) is 2.98. The Labute approximate surface area is 110 Å². The first kappa shape index (κ1) is 14.6. The number of benzene rings is 1. The average molecular weight is 248 g/mol. The van der Waals surface area contributed by atoms with Gasteiger partial charge in [-0.2, -0.15) is 0 Å². The molecule has 0 atom stereocenters. The van der Waals surface area contributed by atoms with E-state index in [0.29, 0.717) is 5.92 Å². The minimum absolute atomic E-state index is 0.111. The van der Waals surface area contributed by atoms with Gasteiger partial charge in [0.05, 0.1) is 0 Å². The Hall–Kier alpha value is -1.51. The van der Waals surface area contributed by atoms with Crippen molar-refractivity contribution in [1.82, 2.24) is 5.32 Å². The zero-order chi connectivity index (χ0) is 13.5. The van der Waals surface area contributed by atoms with Crippen molar-refractivity contribution < 1.29 is 4.79 Å². The van der Waals surface area contributed by atoms with Gasteiger partial charge >= 0.3 is 6.03 Å². The van der Waals surface area contributed by atoms with Crippen LogP contribution in [0.1, 0.15) is 50.7 Å². The second-order valence-electron chi connectivity index (χ2n) is 4.93. The van der Waals surface area contributed by atoms with Gasteiger partial charge in [-0.05, 0) is 30.4 Å². The lowest BCUT2D eigenvalue weighted by Gasteiger charge is -2.16. The predicted octanol–water partition coefficient (Wildman–Crippen LogP) is 4.04. The minimum Gasteiger partial charge on any atom is -0.338 e. The summed E-state index contributed by atoms with van der Waals surface area (Å²) in [6.07, 6.45) is 2.10. The number of hydrogen-bond acceptors (Lipinski definition) is 1. The fraction of sp³-hybridized carbons (Fsp3) is 0.533. The fourth-order valence-corrected chi connectivity index (χ4v) is 1.88. The first-order valence-corrected chi connectivity index (χ1v) is 6.70. The lowest BCUT2D eigenvalue weighted by atomic mass is 9.98. The minimum atomic E-state index is -0.111. The highest BCUT2D eigenvalue weighted by atomic mass is 16.2. The number of amides is 2. The van der Waals surface area contributed by atoms with Gasteiger partial charge in [0.15, 0.2) is 0 Å². The zero-order valence-corrected chi connectivity index (χ0v) is 11.8. The number of unbranched alkanes of at least 4 members (excludes halogenated alkanes) is 1. The summed E-state index contributed by atoms with van der Waals surface area (Å²) in [5.41, 5.74) is 3.23. The summed E-state index contributed by atoms with van der Waals surface area (Å²) in [5.74, 6) is 0.399. The summed E-state index contributed by atoms with van der Waals surface area (Å²) in [6, 6.07) is 6.01. The molecule has 0 unspecified atom stereocenters. The Balaban J connectivity index is 2.74. The third-order valence-corrected chi connectivity index (χ3v) is 2.98. The molecular formula is C15H24N2O. The molecule has 2 N–H and O–H groups in total. The first-order chi connectivity index (χ1) is 8.56. The molecule has 0 saturated heterocycles. The van der Waals surface area contributed by atoms with E-state index in [-0.39, 0.29) is 6.03 Å². The highest BCUT2D eigenvalue weighted by molar-refractivity contribution is 5.91. The van der Waals surface area contributed by atoms with Crippen LogP contribution in [0.3, 0.4) is 0 Å². The topological polar surface area (TPSA) is 41.1 Å². The van der Waals surface area contributed by atoms with Crippen LogP contribution in [0, 0.1) is 6.92 Å². The molecule has 1 rings (SSSR count). The Bertz CT molecular complexity index is 399. The van der Waals surface area contributed by atoms with Crippen LogP contribution in [0.15, 0.2) is 18.2 Å². The second kappa shape index (κ2) is 7.04. The molecule has 0 aliphatic heterocycles. The molecule has 0 bridgehead atoms. The third kappa shape index (κ3) is 4.06. The number of aryl methyl sites for hydroxylation is 1. The van der Waals surface area contributed by atoms with Gasteiger partial charge in [0, 0.05) is 12.2 Å². The summed E-state index contributed by atoms with van der Waals surface area (Å²) in [7, 11) is 0. The van der Waals surface area contributed by atoms with Crippen LogP contribution < -0.4 is 10.6 Å². The van der Waals surface area contributed by atoms with Crippen molar-refractivity contribution in [3.8, 4) is 0 Å². The van der Waals surface area contributed by atoms with Crippen LogP contribution in [0.5, 0.6) is 0 Å². The normalized spacial score (nSPS) is 10.5. The summed E-state index contributed by atoms with van der Waals surface area (Å²) in [5, 5.41) is 5.84. The molecule has 1 aromatic carbocycles. The van der Waals surface area contributed by atoms with E-state index >= 15 is 0 Å². The number of carbonyl (C=O) groups is 1. The largest absolute Gasteiger partial charge is 0.338 e. The van der Waals surface area contributed by atoms with Gasteiger partial charge in [-0.25, -0.2) is 4.79 Å². The molecule has 100 valence electrons. The molecule has 2 amide bonds. The van der Waals surface area contributed by atoms with E-state index in [2.05, 4.69) is 37.5 Å². The van der Waals surface area contributed by atoms with Gasteiger partial charge in [-0.3, -0.25) is 0 Å². The number of hydrogen-bond donors (Lipinski definition) is 2. The van der Waals surface area contributed by atoms with Gasteiger partial charge in [0.25, 0.3) is 0 Å². The summed E-state index contributed by atoms with van der Waals surface area (Å²) in [6.45, 7) is 9.13.